The fraction of sp³-hybridized carbons (Fsp3) is 0.847. The van der Waals surface area contributed by atoms with Crippen molar-refractivity contribution in [1.29, 1.82) is 0 Å². The van der Waals surface area contributed by atoms with E-state index in [1.165, 1.54) is 186 Å². The molecule has 0 amide bonds. The van der Waals surface area contributed by atoms with Crippen molar-refractivity contribution in [3.63, 3.8) is 0 Å². The van der Waals surface area contributed by atoms with Crippen LogP contribution < -0.4 is 0 Å². The molecule has 6 heteroatoms. The molecule has 0 aliphatic rings. The molecule has 0 aromatic heterocycles. The van der Waals surface area contributed by atoms with E-state index in [0.29, 0.717) is 19.3 Å². The first-order chi connectivity index (χ1) is 32.0. The van der Waals surface area contributed by atoms with Gasteiger partial charge in [-0.1, -0.05) is 263 Å². The van der Waals surface area contributed by atoms with Crippen molar-refractivity contribution in [3.8, 4) is 0 Å². The minimum atomic E-state index is -0.769. The van der Waals surface area contributed by atoms with Gasteiger partial charge in [-0.25, -0.2) is 0 Å². The van der Waals surface area contributed by atoms with E-state index in [0.717, 1.165) is 77.0 Å². The average molecular weight is 914 g/mol. The summed E-state index contributed by atoms with van der Waals surface area (Å²) in [5, 5.41) is 0. The van der Waals surface area contributed by atoms with Gasteiger partial charge in [0.2, 0.25) is 0 Å². The molecule has 1 unspecified atom stereocenters. The molecule has 0 aromatic carbocycles. The van der Waals surface area contributed by atoms with Gasteiger partial charge in [0.15, 0.2) is 6.10 Å². The highest BCUT2D eigenvalue weighted by molar-refractivity contribution is 5.71. The summed E-state index contributed by atoms with van der Waals surface area (Å²) < 4.78 is 16.8. The largest absolute Gasteiger partial charge is 0.462 e. The molecule has 0 bridgehead atoms. The van der Waals surface area contributed by atoms with Crippen molar-refractivity contribution in [2.24, 2.45) is 0 Å². The predicted molar refractivity (Wildman–Crippen MR) is 279 cm³/mol. The lowest BCUT2D eigenvalue weighted by molar-refractivity contribution is -0.167. The molecule has 65 heavy (non-hydrogen) atoms. The topological polar surface area (TPSA) is 78.9 Å². The van der Waals surface area contributed by atoms with Gasteiger partial charge in [0.1, 0.15) is 13.2 Å². The number of ether oxygens (including phenoxy) is 3. The van der Waals surface area contributed by atoms with Crippen molar-refractivity contribution in [3.05, 3.63) is 36.5 Å². The van der Waals surface area contributed by atoms with E-state index >= 15 is 0 Å². The Labute approximate surface area is 404 Å². The van der Waals surface area contributed by atoms with Crippen LogP contribution in [-0.2, 0) is 28.6 Å². The summed E-state index contributed by atoms with van der Waals surface area (Å²) in [4.78, 5) is 37.9. The summed E-state index contributed by atoms with van der Waals surface area (Å²) in [5.41, 5.74) is 0. The van der Waals surface area contributed by atoms with Crippen LogP contribution in [0.25, 0.3) is 0 Å². The molecule has 0 N–H and O–H groups in total. The summed E-state index contributed by atoms with van der Waals surface area (Å²) in [5.74, 6) is -0.873. The third-order valence-electron chi connectivity index (χ3n) is 12.6. The Balaban J connectivity index is 4.14. The monoisotopic (exact) mass is 913 g/mol. The van der Waals surface area contributed by atoms with Gasteiger partial charge in [0, 0.05) is 19.3 Å². The Bertz CT molecular complexity index is 1090. The Morgan fingerprint density at radius 2 is 0.554 bits per heavy atom. The second-order valence-corrected chi connectivity index (χ2v) is 19.2. The minimum Gasteiger partial charge on any atom is -0.462 e. The molecular formula is C59H108O6. The Morgan fingerprint density at radius 1 is 0.308 bits per heavy atom. The van der Waals surface area contributed by atoms with Gasteiger partial charge in [-0.15, -0.1) is 0 Å². The Morgan fingerprint density at radius 3 is 0.862 bits per heavy atom. The smallest absolute Gasteiger partial charge is 0.306 e. The number of hydrogen-bond donors (Lipinski definition) is 0. The summed E-state index contributed by atoms with van der Waals surface area (Å²) in [6.07, 6.45) is 64.5. The van der Waals surface area contributed by atoms with E-state index in [-0.39, 0.29) is 31.1 Å². The summed E-state index contributed by atoms with van der Waals surface area (Å²) in [6, 6.07) is 0. The van der Waals surface area contributed by atoms with Gasteiger partial charge in [-0.05, 0) is 57.8 Å². The van der Waals surface area contributed by atoms with Crippen LogP contribution in [0.15, 0.2) is 36.5 Å². The SMILES string of the molecule is CCCCCCC/C=C\C/C=C\C/C=C\CCCCCCCCCCC(=O)OCC(COC(=O)CCCCCCCC)OC(=O)CCCCCCCCCCCCCCCCCCCC. The number of carbonyl (C=O) groups excluding carboxylic acids is 3. The molecule has 0 fully saturated rings. The highest BCUT2D eigenvalue weighted by atomic mass is 16.6. The zero-order valence-electron chi connectivity index (χ0n) is 43.5. The van der Waals surface area contributed by atoms with Gasteiger partial charge < -0.3 is 14.2 Å². The van der Waals surface area contributed by atoms with E-state index in [2.05, 4.69) is 57.2 Å². The number of hydrogen-bond acceptors (Lipinski definition) is 6. The number of carbonyl (C=O) groups is 3. The van der Waals surface area contributed by atoms with Gasteiger partial charge in [-0.3, -0.25) is 14.4 Å². The van der Waals surface area contributed by atoms with Gasteiger partial charge in [0.25, 0.3) is 0 Å². The van der Waals surface area contributed by atoms with Crippen molar-refractivity contribution in [2.45, 2.75) is 309 Å². The molecule has 6 nitrogen and oxygen atoms in total. The third-order valence-corrected chi connectivity index (χ3v) is 12.6. The van der Waals surface area contributed by atoms with Crippen molar-refractivity contribution in [1.82, 2.24) is 0 Å². The highest BCUT2D eigenvalue weighted by Gasteiger charge is 2.19. The molecule has 0 spiro atoms. The molecule has 0 heterocycles. The van der Waals surface area contributed by atoms with Crippen molar-refractivity contribution >= 4 is 17.9 Å². The zero-order chi connectivity index (χ0) is 47.2. The number of rotatable bonds is 52. The van der Waals surface area contributed by atoms with Crippen LogP contribution >= 0.6 is 0 Å². The second-order valence-electron chi connectivity index (χ2n) is 19.2. The van der Waals surface area contributed by atoms with Crippen LogP contribution in [-0.4, -0.2) is 37.2 Å². The van der Waals surface area contributed by atoms with Crippen LogP contribution in [0.1, 0.15) is 303 Å². The van der Waals surface area contributed by atoms with Gasteiger partial charge >= 0.3 is 17.9 Å². The highest BCUT2D eigenvalue weighted by Crippen LogP contribution is 2.16. The lowest BCUT2D eigenvalue weighted by Gasteiger charge is -2.18. The predicted octanol–water partition coefficient (Wildman–Crippen LogP) is 18.9. The summed E-state index contributed by atoms with van der Waals surface area (Å²) in [7, 11) is 0. The van der Waals surface area contributed by atoms with Crippen LogP contribution in [0, 0.1) is 0 Å². The van der Waals surface area contributed by atoms with E-state index < -0.39 is 6.10 Å². The maximum Gasteiger partial charge on any atom is 0.306 e. The molecule has 0 saturated carbocycles. The van der Waals surface area contributed by atoms with Crippen LogP contribution in [0.4, 0.5) is 0 Å². The summed E-state index contributed by atoms with van der Waals surface area (Å²) in [6.45, 7) is 6.60. The van der Waals surface area contributed by atoms with Crippen LogP contribution in [0.5, 0.6) is 0 Å². The Hall–Kier alpha value is -2.37. The fourth-order valence-electron chi connectivity index (χ4n) is 8.33. The minimum absolute atomic E-state index is 0.0715. The molecule has 0 aliphatic heterocycles. The van der Waals surface area contributed by atoms with E-state index in [1.807, 2.05) is 0 Å². The molecule has 0 saturated heterocycles. The first-order valence-corrected chi connectivity index (χ1v) is 28.5. The zero-order valence-corrected chi connectivity index (χ0v) is 43.5. The number of unbranched alkanes of at least 4 members (excludes halogenated alkanes) is 35. The van der Waals surface area contributed by atoms with E-state index in [4.69, 9.17) is 14.2 Å². The standard InChI is InChI=1S/C59H108O6/c1-4-7-10-13-16-18-20-22-24-26-28-29-30-31-32-34-35-37-39-41-43-46-49-52-58(61)64-55-56(54-63-57(60)51-48-45-15-12-9-6-3)65-59(62)53-50-47-44-42-40-38-36-33-27-25-23-21-19-17-14-11-8-5-2/h20,22,26,28,30-31,56H,4-19,21,23-25,27,29,32-55H2,1-3H3/b22-20-,28-26-,31-30-. The van der Waals surface area contributed by atoms with E-state index in [9.17, 15) is 14.4 Å². The van der Waals surface area contributed by atoms with Crippen molar-refractivity contribution < 1.29 is 28.6 Å². The van der Waals surface area contributed by atoms with Gasteiger partial charge in [-0.2, -0.15) is 0 Å². The third kappa shape index (κ3) is 52.5. The fourth-order valence-corrected chi connectivity index (χ4v) is 8.33. The summed E-state index contributed by atoms with van der Waals surface area (Å²) >= 11 is 0. The lowest BCUT2D eigenvalue weighted by Crippen LogP contribution is -2.30. The number of allylic oxidation sites excluding steroid dienone is 6. The maximum absolute atomic E-state index is 12.8. The molecule has 0 aliphatic carbocycles. The van der Waals surface area contributed by atoms with Gasteiger partial charge in [0.05, 0.1) is 0 Å². The van der Waals surface area contributed by atoms with Crippen LogP contribution in [0.3, 0.4) is 0 Å². The molecule has 0 rings (SSSR count). The first-order valence-electron chi connectivity index (χ1n) is 28.5. The average Bonchev–Trinajstić information content (AvgIpc) is 3.30. The normalized spacial score (nSPS) is 12.2. The quantitative estimate of drug-likeness (QED) is 0.0262. The van der Waals surface area contributed by atoms with E-state index in [1.54, 1.807) is 0 Å². The molecule has 0 aromatic rings. The molecule has 1 atom stereocenters. The lowest BCUT2D eigenvalue weighted by atomic mass is 10.0. The number of esters is 3. The molecule has 380 valence electrons. The maximum atomic E-state index is 12.8. The van der Waals surface area contributed by atoms with Crippen molar-refractivity contribution in [2.75, 3.05) is 13.2 Å². The first kappa shape index (κ1) is 62.6. The van der Waals surface area contributed by atoms with Crippen LogP contribution in [0.2, 0.25) is 0 Å². The molecular weight excluding hydrogens is 805 g/mol. The Kier molecular flexibility index (Phi) is 52.3. The second kappa shape index (κ2) is 54.2. The molecule has 0 radical (unpaired) electrons.